The van der Waals surface area contributed by atoms with E-state index in [9.17, 15) is 13.6 Å². The van der Waals surface area contributed by atoms with Crippen molar-refractivity contribution >= 4 is 45.1 Å². The van der Waals surface area contributed by atoms with E-state index in [1.807, 2.05) is 11.8 Å². The Morgan fingerprint density at radius 1 is 1.17 bits per heavy atom. The number of piperidine rings is 1. The Kier molecular flexibility index (Phi) is 6.55. The van der Waals surface area contributed by atoms with Gasteiger partial charge in [-0.3, -0.25) is 4.79 Å². The van der Waals surface area contributed by atoms with Crippen LogP contribution in [0.5, 0.6) is 0 Å². The zero-order chi connectivity index (χ0) is 22.3. The first-order valence-electron chi connectivity index (χ1n) is 11.0. The standard InChI is InChI=1S/C19H31B5F2N2O2/c1-12-16(29)28(19(23,24)18(20,21)22)11-17(30-12)5-8-27(9-6-17)7-4-13-10-14(25)2-3-15(13)26/h2-3,10,12H,4-9,11,20-24H2,1H3. The highest BCUT2D eigenvalue weighted by Gasteiger charge is 2.51. The van der Waals surface area contributed by atoms with Crippen LogP contribution in [0.3, 0.4) is 0 Å². The van der Waals surface area contributed by atoms with Gasteiger partial charge < -0.3 is 14.5 Å². The molecule has 2 fully saturated rings. The average molecular weight is 412 g/mol. The smallest absolute Gasteiger partial charge is 0.250 e. The maximum atomic E-state index is 13.9. The van der Waals surface area contributed by atoms with Crippen LogP contribution in [0.25, 0.3) is 0 Å². The zero-order valence-corrected chi connectivity index (χ0v) is 19.2. The summed E-state index contributed by atoms with van der Waals surface area (Å²) in [5, 5.41) is -0.349. The van der Waals surface area contributed by atoms with Crippen molar-refractivity contribution in [1.29, 1.82) is 0 Å². The van der Waals surface area contributed by atoms with Gasteiger partial charge in [0.05, 0.1) is 29.1 Å². The van der Waals surface area contributed by atoms with E-state index in [2.05, 4.69) is 44.1 Å². The number of nitrogens with zero attached hydrogens (tertiary/aromatic N) is 2. The molecule has 4 nitrogen and oxygen atoms in total. The second kappa shape index (κ2) is 8.38. The first-order valence-corrected chi connectivity index (χ1v) is 11.0. The molecule has 1 unspecified atom stereocenters. The Hall–Kier alpha value is -1.21. The van der Waals surface area contributed by atoms with E-state index in [-0.39, 0.29) is 27.8 Å². The van der Waals surface area contributed by atoms with Gasteiger partial charge in [0.2, 0.25) is 0 Å². The largest absolute Gasteiger partial charge is 0.360 e. The SMILES string of the molecule is BC(B)(B)C(B)(B)N1CC2(CCN(CCc3cc(F)ccc3F)CC2)OC(C)C1=O. The molecule has 2 saturated heterocycles. The third-order valence-corrected chi connectivity index (χ3v) is 7.47. The number of carbonyl (C=O) groups is 1. The number of likely N-dealkylation sites (tertiary alicyclic amines) is 1. The second-order valence-corrected chi connectivity index (χ2v) is 10.5. The summed E-state index contributed by atoms with van der Waals surface area (Å²) < 4.78 is 33.6. The van der Waals surface area contributed by atoms with Crippen LogP contribution in [0.4, 0.5) is 8.78 Å². The van der Waals surface area contributed by atoms with E-state index in [4.69, 9.17) is 4.74 Å². The summed E-state index contributed by atoms with van der Waals surface area (Å²) in [4.78, 5) is 17.3. The Labute approximate surface area is 183 Å². The number of amides is 1. The van der Waals surface area contributed by atoms with Crippen LogP contribution in [-0.2, 0) is 16.0 Å². The molecule has 0 aromatic heterocycles. The highest BCUT2D eigenvalue weighted by atomic mass is 19.1. The first kappa shape index (κ1) is 23.5. The molecule has 158 valence electrons. The third kappa shape index (κ3) is 4.67. The van der Waals surface area contributed by atoms with Crippen molar-refractivity contribution in [2.45, 2.75) is 48.3 Å². The molecular formula is C19H31B5F2N2O2. The first-order chi connectivity index (χ1) is 13.8. The van der Waals surface area contributed by atoms with Gasteiger partial charge in [-0.1, -0.05) is 0 Å². The topological polar surface area (TPSA) is 32.8 Å². The summed E-state index contributed by atoms with van der Waals surface area (Å²) in [7, 11) is 10.8. The van der Waals surface area contributed by atoms with Crippen LogP contribution in [0.15, 0.2) is 18.2 Å². The quantitative estimate of drug-likeness (QED) is 0.502. The molecule has 2 aliphatic rings. The van der Waals surface area contributed by atoms with E-state index in [1.165, 1.54) is 12.1 Å². The molecule has 1 aromatic rings. The van der Waals surface area contributed by atoms with Crippen molar-refractivity contribution in [3.8, 4) is 0 Å². The summed E-state index contributed by atoms with van der Waals surface area (Å²) >= 11 is 0. The fourth-order valence-electron chi connectivity index (χ4n) is 4.40. The van der Waals surface area contributed by atoms with Gasteiger partial charge >= 0.3 is 0 Å². The summed E-state index contributed by atoms with van der Waals surface area (Å²) in [6, 6.07) is 3.62. The highest BCUT2D eigenvalue weighted by molar-refractivity contribution is 6.67. The minimum atomic E-state index is -0.451. The molecule has 1 spiro atoms. The van der Waals surface area contributed by atoms with E-state index in [0.29, 0.717) is 25.1 Å². The average Bonchev–Trinajstić information content (AvgIpc) is 2.66. The van der Waals surface area contributed by atoms with Gasteiger partial charge in [-0.05, 0) is 55.3 Å². The van der Waals surface area contributed by atoms with Crippen molar-refractivity contribution in [2.24, 2.45) is 0 Å². The minimum absolute atomic E-state index is 0.0589. The maximum Gasteiger partial charge on any atom is 0.250 e. The Morgan fingerprint density at radius 2 is 1.80 bits per heavy atom. The molecule has 11 heteroatoms. The minimum Gasteiger partial charge on any atom is -0.360 e. The van der Waals surface area contributed by atoms with Gasteiger partial charge in [-0.2, -0.15) is 0 Å². The predicted molar refractivity (Wildman–Crippen MR) is 129 cm³/mol. The van der Waals surface area contributed by atoms with Crippen LogP contribution in [0, 0.1) is 11.6 Å². The lowest BCUT2D eigenvalue weighted by Crippen LogP contribution is -2.70. The fraction of sp³-hybridized carbons (Fsp3) is 0.632. The lowest BCUT2D eigenvalue weighted by Gasteiger charge is -2.57. The molecule has 0 bridgehead atoms. The van der Waals surface area contributed by atoms with Crippen LogP contribution >= 0.6 is 0 Å². The van der Waals surface area contributed by atoms with E-state index < -0.39 is 11.9 Å². The normalized spacial score (nSPS) is 23.1. The lowest BCUT2D eigenvalue weighted by molar-refractivity contribution is -0.192. The Bertz CT molecular complexity index is 798. The van der Waals surface area contributed by atoms with Gasteiger partial charge in [0.15, 0.2) is 0 Å². The molecule has 1 atom stereocenters. The molecule has 1 aromatic carbocycles. The number of hydrogen-bond donors (Lipinski definition) is 0. The zero-order valence-electron chi connectivity index (χ0n) is 19.2. The van der Waals surface area contributed by atoms with Crippen molar-refractivity contribution in [3.05, 3.63) is 35.4 Å². The van der Waals surface area contributed by atoms with Gasteiger partial charge in [0, 0.05) is 26.2 Å². The summed E-state index contributed by atoms with van der Waals surface area (Å²) in [6.07, 6.45) is 1.68. The van der Waals surface area contributed by atoms with Gasteiger partial charge in [-0.15, -0.1) is 5.11 Å². The molecular weight excluding hydrogens is 380 g/mol. The van der Waals surface area contributed by atoms with Crippen LogP contribution in [0.2, 0.25) is 5.11 Å². The molecule has 0 N–H and O–H groups in total. The number of hydrogen-bond acceptors (Lipinski definition) is 3. The van der Waals surface area contributed by atoms with E-state index in [1.54, 1.807) is 0 Å². The van der Waals surface area contributed by atoms with Gasteiger partial charge in [-0.25, -0.2) is 8.78 Å². The lowest BCUT2D eigenvalue weighted by atomic mass is 9.26. The molecule has 30 heavy (non-hydrogen) atoms. The van der Waals surface area contributed by atoms with Crippen molar-refractivity contribution in [3.63, 3.8) is 0 Å². The third-order valence-electron chi connectivity index (χ3n) is 7.47. The molecule has 0 aliphatic carbocycles. The van der Waals surface area contributed by atoms with Crippen molar-refractivity contribution in [1.82, 2.24) is 9.80 Å². The van der Waals surface area contributed by atoms with Crippen LogP contribution in [0.1, 0.15) is 25.3 Å². The molecule has 0 saturated carbocycles. The number of morpholine rings is 1. The molecule has 0 radical (unpaired) electrons. The Balaban J connectivity index is 1.65. The van der Waals surface area contributed by atoms with E-state index in [0.717, 1.165) is 32.0 Å². The fourth-order valence-corrected chi connectivity index (χ4v) is 4.40. The number of rotatable bonds is 5. The second-order valence-electron chi connectivity index (χ2n) is 10.5. The van der Waals surface area contributed by atoms with Crippen LogP contribution < -0.4 is 0 Å². The van der Waals surface area contributed by atoms with E-state index >= 15 is 0 Å². The van der Waals surface area contributed by atoms with Crippen LogP contribution in [-0.4, -0.2) is 98.2 Å². The highest BCUT2D eigenvalue weighted by Crippen LogP contribution is 2.38. The summed E-state index contributed by atoms with van der Waals surface area (Å²) in [5.74, 6) is -0.697. The van der Waals surface area contributed by atoms with Gasteiger partial charge in [0.25, 0.3) is 5.91 Å². The van der Waals surface area contributed by atoms with Crippen molar-refractivity contribution < 1.29 is 18.3 Å². The molecule has 1 amide bonds. The number of ether oxygens (including phenoxy) is 1. The predicted octanol–water partition coefficient (Wildman–Crippen LogP) is -2.52. The monoisotopic (exact) mass is 412 g/mol. The van der Waals surface area contributed by atoms with Crippen molar-refractivity contribution in [2.75, 3.05) is 26.2 Å². The molecule has 2 heterocycles. The summed E-state index contributed by atoms with van der Waals surface area (Å²) in [6.45, 7) is 4.78. The molecule has 3 rings (SSSR count). The number of halogens is 2. The number of benzene rings is 1. The summed E-state index contributed by atoms with van der Waals surface area (Å²) in [5.41, 5.74) is 0.0812. The maximum absolute atomic E-state index is 13.9. The Morgan fingerprint density at radius 3 is 2.40 bits per heavy atom. The van der Waals surface area contributed by atoms with Gasteiger partial charge in [0.1, 0.15) is 33.4 Å². The number of carbonyl (C=O) groups excluding carboxylic acids is 1. The molecule has 2 aliphatic heterocycles.